The van der Waals surface area contributed by atoms with Crippen LogP contribution in [0.5, 0.6) is 0 Å². The topological polar surface area (TPSA) is 19.6 Å². The van der Waals surface area contributed by atoms with Gasteiger partial charge in [0, 0.05) is 50.5 Å². The van der Waals surface area contributed by atoms with Crippen molar-refractivity contribution < 1.29 is 4.42 Å². The molecule has 2 aliphatic heterocycles. The Hall–Kier alpha value is -6.00. The van der Waals surface area contributed by atoms with Gasteiger partial charge in [-0.25, -0.2) is 0 Å². The third-order valence-electron chi connectivity index (χ3n) is 16.5. The molecule has 0 unspecified atom stereocenters. The molecule has 7 aromatic carbocycles. The van der Waals surface area contributed by atoms with Crippen molar-refractivity contribution in [3.63, 3.8) is 0 Å². The lowest BCUT2D eigenvalue weighted by atomic mass is 9.33. The molecule has 0 atom stereocenters. The first kappa shape index (κ1) is 41.4. The number of furan rings is 1. The molecule has 0 fully saturated rings. The minimum absolute atomic E-state index is 0.0512. The first-order valence-corrected chi connectivity index (χ1v) is 24.5. The van der Waals surface area contributed by atoms with E-state index in [1.54, 1.807) is 0 Å². The van der Waals surface area contributed by atoms with Gasteiger partial charge in [-0.05, 0) is 163 Å². The van der Waals surface area contributed by atoms with Gasteiger partial charge < -0.3 is 14.2 Å². The highest BCUT2D eigenvalue weighted by Gasteiger charge is 2.49. The zero-order valence-electron chi connectivity index (χ0n) is 41.1. The second-order valence-corrected chi connectivity index (χ2v) is 24.1. The Morgan fingerprint density at radius 3 is 1.59 bits per heavy atom. The molecule has 2 aliphatic carbocycles. The highest BCUT2D eigenvalue weighted by atomic mass is 16.3. The number of nitrogens with zero attached hydrogens (tertiary/aromatic N) is 2. The average molecular weight is 863 g/mol. The zero-order valence-corrected chi connectivity index (χ0v) is 41.1. The van der Waals surface area contributed by atoms with Crippen LogP contribution in [-0.2, 0) is 27.1 Å². The molecular formula is C62H63BN2O. The molecule has 330 valence electrons. The fourth-order valence-corrected chi connectivity index (χ4v) is 13.1. The Balaban J connectivity index is 1.13. The van der Waals surface area contributed by atoms with E-state index in [4.69, 9.17) is 4.42 Å². The van der Waals surface area contributed by atoms with Crippen molar-refractivity contribution in [2.45, 2.75) is 129 Å². The number of fused-ring (bicyclic) bond motifs is 9. The van der Waals surface area contributed by atoms with Crippen LogP contribution in [0.3, 0.4) is 0 Å². The molecule has 3 heterocycles. The smallest absolute Gasteiger partial charge is 0.252 e. The standard InChI is InChI=1S/C62H63BN2O/c1-37-30-53-56-54(31-37)65(41-26-22-39(23-27-41)58(2,3)4)52-35-48-46(61(9,10)36-62(48,11)12)33-50(52)63(56)49-32-45-47(60(7,8)29-28-59(45,5)6)34-51(49)64(53)40-24-20-38(21-25-40)42-17-15-18-44-43-16-13-14-19-55(43)66-57(42)44/h13-27,30-35H,28-29,36H2,1-12H3. The lowest BCUT2D eigenvalue weighted by Crippen LogP contribution is -2.62. The number of aryl methyl sites for hydroxylation is 1. The van der Waals surface area contributed by atoms with Gasteiger partial charge in [0.05, 0.1) is 0 Å². The summed E-state index contributed by atoms with van der Waals surface area (Å²) in [6.45, 7) is 29.0. The molecule has 0 amide bonds. The minimum Gasteiger partial charge on any atom is -0.455 e. The predicted molar refractivity (Wildman–Crippen MR) is 283 cm³/mol. The number of hydrogen-bond donors (Lipinski definition) is 0. The van der Waals surface area contributed by atoms with Gasteiger partial charge in [-0.3, -0.25) is 0 Å². The molecule has 4 heteroatoms. The van der Waals surface area contributed by atoms with E-state index in [1.165, 1.54) is 96.7 Å². The molecule has 0 bridgehead atoms. The van der Waals surface area contributed by atoms with E-state index in [0.717, 1.165) is 39.5 Å². The van der Waals surface area contributed by atoms with E-state index in [1.807, 2.05) is 0 Å². The monoisotopic (exact) mass is 863 g/mol. The molecule has 0 radical (unpaired) electrons. The number of rotatable bonds is 3. The predicted octanol–water partition coefficient (Wildman–Crippen LogP) is 15.2. The summed E-state index contributed by atoms with van der Waals surface area (Å²) in [4.78, 5) is 5.24. The summed E-state index contributed by atoms with van der Waals surface area (Å²) in [5.74, 6) is 0. The molecule has 0 N–H and O–H groups in total. The van der Waals surface area contributed by atoms with Crippen molar-refractivity contribution in [1.29, 1.82) is 0 Å². The second kappa shape index (κ2) is 13.6. The molecule has 0 spiro atoms. The summed E-state index contributed by atoms with van der Waals surface area (Å²) in [5.41, 5.74) is 24.8. The third-order valence-corrected chi connectivity index (χ3v) is 16.5. The number of hydrogen-bond acceptors (Lipinski definition) is 3. The van der Waals surface area contributed by atoms with E-state index >= 15 is 0 Å². The maximum absolute atomic E-state index is 6.56. The van der Waals surface area contributed by atoms with Crippen LogP contribution in [0.25, 0.3) is 33.1 Å². The summed E-state index contributed by atoms with van der Waals surface area (Å²) in [6, 6.07) is 49.2. The molecule has 66 heavy (non-hydrogen) atoms. The van der Waals surface area contributed by atoms with Crippen molar-refractivity contribution in [3.8, 4) is 11.1 Å². The van der Waals surface area contributed by atoms with Crippen molar-refractivity contribution in [1.82, 2.24) is 0 Å². The summed E-state index contributed by atoms with van der Waals surface area (Å²) in [7, 11) is 0. The van der Waals surface area contributed by atoms with Crippen molar-refractivity contribution >= 4 is 79.2 Å². The van der Waals surface area contributed by atoms with Crippen molar-refractivity contribution in [2.24, 2.45) is 0 Å². The zero-order chi connectivity index (χ0) is 46.0. The quantitative estimate of drug-likeness (QED) is 0.165. The van der Waals surface area contributed by atoms with Gasteiger partial charge in [0.15, 0.2) is 0 Å². The highest BCUT2D eigenvalue weighted by Crippen LogP contribution is 2.54. The number of anilines is 6. The first-order valence-electron chi connectivity index (χ1n) is 24.5. The lowest BCUT2D eigenvalue weighted by Gasteiger charge is -2.47. The molecular weight excluding hydrogens is 800 g/mol. The molecule has 1 aromatic heterocycles. The number of benzene rings is 7. The van der Waals surface area contributed by atoms with Crippen LogP contribution in [0.1, 0.15) is 129 Å². The van der Waals surface area contributed by atoms with Gasteiger partial charge in [0.25, 0.3) is 6.71 Å². The van der Waals surface area contributed by atoms with Gasteiger partial charge in [-0.2, -0.15) is 0 Å². The average Bonchev–Trinajstić information content (AvgIpc) is 3.74. The largest absolute Gasteiger partial charge is 0.455 e. The van der Waals surface area contributed by atoms with Gasteiger partial charge in [0.1, 0.15) is 11.2 Å². The Bertz CT molecular complexity index is 3340. The summed E-state index contributed by atoms with van der Waals surface area (Å²) in [6.07, 6.45) is 3.47. The minimum atomic E-state index is 0.0512. The number of para-hydroxylation sites is 2. The van der Waals surface area contributed by atoms with Gasteiger partial charge in [0.2, 0.25) is 0 Å². The summed E-state index contributed by atoms with van der Waals surface area (Å²) in [5, 5.41) is 2.31. The van der Waals surface area contributed by atoms with Crippen molar-refractivity contribution in [2.75, 3.05) is 9.80 Å². The Kier molecular flexibility index (Phi) is 8.51. The lowest BCUT2D eigenvalue weighted by molar-refractivity contribution is 0.332. The first-order chi connectivity index (χ1) is 31.2. The SMILES string of the molecule is Cc1cc2c3c(c1)N(c1ccc(C(C)(C)C)cc1)c1cc4c(cc1B3c1cc3c(cc1N2c1ccc(-c2cccc5c2oc2ccccc25)cc1)C(C)(C)CCC3(C)C)C(C)(C)CC4(C)C. The van der Waals surface area contributed by atoms with Crippen LogP contribution in [0.2, 0.25) is 0 Å². The molecule has 3 nitrogen and oxygen atoms in total. The van der Waals surface area contributed by atoms with E-state index in [-0.39, 0.29) is 33.8 Å². The molecule has 8 aromatic rings. The third kappa shape index (κ3) is 5.95. The summed E-state index contributed by atoms with van der Waals surface area (Å²) >= 11 is 0. The van der Waals surface area contributed by atoms with Crippen LogP contribution in [0.15, 0.2) is 132 Å². The van der Waals surface area contributed by atoms with E-state index in [2.05, 4.69) is 220 Å². The molecule has 4 aliphatic rings. The molecule has 0 saturated heterocycles. The van der Waals surface area contributed by atoms with Crippen LogP contribution in [-0.4, -0.2) is 6.71 Å². The summed E-state index contributed by atoms with van der Waals surface area (Å²) < 4.78 is 6.56. The van der Waals surface area contributed by atoms with Crippen LogP contribution in [0, 0.1) is 6.92 Å². The Morgan fingerprint density at radius 2 is 1.02 bits per heavy atom. The van der Waals surface area contributed by atoms with Crippen LogP contribution in [0.4, 0.5) is 34.1 Å². The maximum atomic E-state index is 6.56. The van der Waals surface area contributed by atoms with Gasteiger partial charge >= 0.3 is 0 Å². The highest BCUT2D eigenvalue weighted by molar-refractivity contribution is 7.00. The fraction of sp³-hybridized carbons (Fsp3) is 0.323. The van der Waals surface area contributed by atoms with Crippen LogP contribution < -0.4 is 26.2 Å². The maximum Gasteiger partial charge on any atom is 0.252 e. The Labute approximate surface area is 392 Å². The normalized spacial score (nSPS) is 18.2. The molecule has 12 rings (SSSR count). The van der Waals surface area contributed by atoms with Gasteiger partial charge in [-0.1, -0.05) is 149 Å². The fourth-order valence-electron chi connectivity index (χ4n) is 13.1. The van der Waals surface area contributed by atoms with Gasteiger partial charge in [-0.15, -0.1) is 0 Å². The second-order valence-electron chi connectivity index (χ2n) is 24.1. The Morgan fingerprint density at radius 1 is 0.515 bits per heavy atom. The van der Waals surface area contributed by atoms with Crippen molar-refractivity contribution in [3.05, 3.63) is 161 Å². The van der Waals surface area contributed by atoms with Crippen LogP contribution >= 0.6 is 0 Å². The van der Waals surface area contributed by atoms with E-state index < -0.39 is 0 Å². The van der Waals surface area contributed by atoms with E-state index in [0.29, 0.717) is 0 Å². The molecule has 0 saturated carbocycles. The van der Waals surface area contributed by atoms with E-state index in [9.17, 15) is 0 Å².